The molecule has 31 heavy (non-hydrogen) atoms. The van der Waals surface area contributed by atoms with Crippen molar-refractivity contribution in [3.05, 3.63) is 53.6 Å². The Labute approximate surface area is 176 Å². The molecule has 0 unspecified atom stereocenters. The average Bonchev–Trinajstić information content (AvgIpc) is 2.76. The molecule has 2 heterocycles. The predicted molar refractivity (Wildman–Crippen MR) is 106 cm³/mol. The minimum absolute atomic E-state index is 0.0453. The van der Waals surface area contributed by atoms with Gasteiger partial charge in [-0.15, -0.1) is 0 Å². The van der Waals surface area contributed by atoms with E-state index >= 15 is 0 Å². The monoisotopic (exact) mass is 434 g/mol. The summed E-state index contributed by atoms with van der Waals surface area (Å²) in [6, 6.07) is 9.78. The largest absolute Gasteiger partial charge is 0.493 e. The number of hydrogen-bond donors (Lipinski definition) is 1. The summed E-state index contributed by atoms with van der Waals surface area (Å²) in [5, 5.41) is 2.69. The summed E-state index contributed by atoms with van der Waals surface area (Å²) in [6.07, 6.45) is -3.03. The van der Waals surface area contributed by atoms with Crippen LogP contribution in [0, 0.1) is 5.92 Å². The summed E-state index contributed by atoms with van der Waals surface area (Å²) in [5.74, 6) is 0.460. The summed E-state index contributed by atoms with van der Waals surface area (Å²) in [7, 11) is 0. The standard InChI is InChI=1S/C22H21F3N2O4/c23-22(24,25)16-2-1-3-17(11-16)30-12-14-6-8-27(9-7-14)21(29)15-4-5-19-18(10-15)26-20(28)13-31-19/h1-5,10-11,14H,6-9,12-13H2,(H,26,28). The Morgan fingerprint density at radius 1 is 1.16 bits per heavy atom. The number of alkyl halides is 3. The highest BCUT2D eigenvalue weighted by Crippen LogP contribution is 2.32. The van der Waals surface area contributed by atoms with Gasteiger partial charge in [-0.2, -0.15) is 13.2 Å². The summed E-state index contributed by atoms with van der Waals surface area (Å²) in [4.78, 5) is 26.0. The van der Waals surface area contributed by atoms with Crippen LogP contribution in [0.15, 0.2) is 42.5 Å². The van der Waals surface area contributed by atoms with E-state index in [1.807, 2.05) is 0 Å². The van der Waals surface area contributed by atoms with Gasteiger partial charge in [-0.25, -0.2) is 0 Å². The molecule has 9 heteroatoms. The number of halogens is 3. The van der Waals surface area contributed by atoms with Crippen LogP contribution in [0.4, 0.5) is 18.9 Å². The van der Waals surface area contributed by atoms with E-state index < -0.39 is 11.7 Å². The maximum atomic E-state index is 12.8. The second kappa shape index (κ2) is 8.49. The molecule has 0 aromatic heterocycles. The lowest BCUT2D eigenvalue weighted by Crippen LogP contribution is -2.39. The van der Waals surface area contributed by atoms with Gasteiger partial charge in [0, 0.05) is 18.7 Å². The van der Waals surface area contributed by atoms with Crippen molar-refractivity contribution in [3.63, 3.8) is 0 Å². The topological polar surface area (TPSA) is 67.9 Å². The lowest BCUT2D eigenvalue weighted by molar-refractivity contribution is -0.137. The van der Waals surface area contributed by atoms with Crippen molar-refractivity contribution < 1.29 is 32.2 Å². The third kappa shape index (κ3) is 4.92. The van der Waals surface area contributed by atoms with Crippen LogP contribution in [0.1, 0.15) is 28.8 Å². The van der Waals surface area contributed by atoms with E-state index in [9.17, 15) is 22.8 Å². The molecule has 2 aliphatic heterocycles. The Morgan fingerprint density at radius 2 is 1.94 bits per heavy atom. The van der Waals surface area contributed by atoms with Gasteiger partial charge in [-0.1, -0.05) is 6.07 Å². The first-order chi connectivity index (χ1) is 14.8. The van der Waals surface area contributed by atoms with Crippen molar-refractivity contribution in [2.24, 2.45) is 5.92 Å². The molecule has 2 aromatic rings. The molecule has 0 radical (unpaired) electrons. The minimum Gasteiger partial charge on any atom is -0.493 e. The number of hydrogen-bond acceptors (Lipinski definition) is 4. The Bertz CT molecular complexity index is 985. The van der Waals surface area contributed by atoms with Crippen LogP contribution in [-0.4, -0.2) is 43.0 Å². The van der Waals surface area contributed by atoms with Crippen molar-refractivity contribution >= 4 is 17.5 Å². The molecule has 1 N–H and O–H groups in total. The molecule has 2 aromatic carbocycles. The third-order valence-corrected chi connectivity index (χ3v) is 5.41. The fourth-order valence-electron chi connectivity index (χ4n) is 3.68. The van der Waals surface area contributed by atoms with Crippen LogP contribution < -0.4 is 14.8 Å². The Morgan fingerprint density at radius 3 is 2.68 bits per heavy atom. The minimum atomic E-state index is -4.41. The number of carbonyl (C=O) groups excluding carboxylic acids is 2. The lowest BCUT2D eigenvalue weighted by atomic mass is 9.97. The molecule has 164 valence electrons. The van der Waals surface area contributed by atoms with Crippen molar-refractivity contribution in [2.75, 3.05) is 31.6 Å². The fraction of sp³-hybridized carbons (Fsp3) is 0.364. The zero-order valence-electron chi connectivity index (χ0n) is 16.6. The zero-order chi connectivity index (χ0) is 22.0. The lowest BCUT2D eigenvalue weighted by Gasteiger charge is -2.32. The van der Waals surface area contributed by atoms with Gasteiger partial charge >= 0.3 is 6.18 Å². The first-order valence-electron chi connectivity index (χ1n) is 9.95. The molecular weight excluding hydrogens is 413 g/mol. The second-order valence-corrected chi connectivity index (χ2v) is 7.62. The first kappa shape index (κ1) is 21.0. The van der Waals surface area contributed by atoms with Crippen molar-refractivity contribution in [2.45, 2.75) is 19.0 Å². The van der Waals surface area contributed by atoms with Gasteiger partial charge in [0.05, 0.1) is 17.9 Å². The highest BCUT2D eigenvalue weighted by molar-refractivity contribution is 5.99. The van der Waals surface area contributed by atoms with Crippen molar-refractivity contribution in [1.29, 1.82) is 0 Å². The highest BCUT2D eigenvalue weighted by Gasteiger charge is 2.31. The number of fused-ring (bicyclic) bond motifs is 1. The second-order valence-electron chi connectivity index (χ2n) is 7.62. The maximum absolute atomic E-state index is 12.8. The van der Waals surface area contributed by atoms with Gasteiger partial charge in [-0.05, 0) is 55.2 Å². The predicted octanol–water partition coefficient (Wildman–Crippen LogP) is 3.97. The van der Waals surface area contributed by atoms with Gasteiger partial charge in [0.15, 0.2) is 6.61 Å². The molecule has 0 aliphatic carbocycles. The van der Waals surface area contributed by atoms with E-state index in [1.165, 1.54) is 12.1 Å². The van der Waals surface area contributed by atoms with E-state index in [0.717, 1.165) is 12.1 Å². The molecule has 2 amide bonds. The van der Waals surface area contributed by atoms with Crippen LogP contribution in [0.2, 0.25) is 0 Å². The molecule has 2 aliphatic rings. The molecule has 0 saturated carbocycles. The van der Waals surface area contributed by atoms with Gasteiger partial charge in [0.1, 0.15) is 11.5 Å². The number of ether oxygens (including phenoxy) is 2. The Balaban J connectivity index is 1.30. The normalized spacial score (nSPS) is 16.9. The summed E-state index contributed by atoms with van der Waals surface area (Å²) < 4.78 is 49.3. The first-order valence-corrected chi connectivity index (χ1v) is 9.95. The van der Waals surface area contributed by atoms with Crippen LogP contribution in [0.3, 0.4) is 0 Å². The van der Waals surface area contributed by atoms with Crippen LogP contribution in [-0.2, 0) is 11.0 Å². The molecule has 0 bridgehead atoms. The molecule has 1 fully saturated rings. The Kier molecular flexibility index (Phi) is 5.75. The van der Waals surface area contributed by atoms with Crippen LogP contribution in [0.25, 0.3) is 0 Å². The number of nitrogens with one attached hydrogen (secondary N) is 1. The number of anilines is 1. The van der Waals surface area contributed by atoms with Gasteiger partial charge < -0.3 is 19.7 Å². The maximum Gasteiger partial charge on any atom is 0.416 e. The number of likely N-dealkylation sites (tertiary alicyclic amines) is 1. The van der Waals surface area contributed by atoms with E-state index in [1.54, 1.807) is 23.1 Å². The summed E-state index contributed by atoms with van der Waals surface area (Å²) in [5.41, 5.74) is 0.201. The molecular formula is C22H21F3N2O4. The SMILES string of the molecule is O=C1COc2ccc(C(=O)N3CCC(COc4cccc(C(F)(F)F)c4)CC3)cc2N1. The van der Waals surface area contributed by atoms with Gasteiger partial charge in [0.25, 0.3) is 11.8 Å². The van der Waals surface area contributed by atoms with Gasteiger partial charge in [0.2, 0.25) is 0 Å². The average molecular weight is 434 g/mol. The van der Waals surface area contributed by atoms with E-state index in [-0.39, 0.29) is 30.1 Å². The van der Waals surface area contributed by atoms with Gasteiger partial charge in [-0.3, -0.25) is 9.59 Å². The molecule has 4 rings (SSSR count). The Hall–Kier alpha value is -3.23. The molecule has 1 saturated heterocycles. The number of amides is 2. The number of carbonyl (C=O) groups is 2. The molecule has 6 nitrogen and oxygen atoms in total. The quantitative estimate of drug-likeness (QED) is 0.791. The number of rotatable bonds is 4. The van der Waals surface area contributed by atoms with E-state index in [0.29, 0.717) is 49.5 Å². The fourth-order valence-corrected chi connectivity index (χ4v) is 3.68. The number of piperidine rings is 1. The number of nitrogens with zero attached hydrogens (tertiary/aromatic N) is 1. The number of benzene rings is 2. The summed E-state index contributed by atoms with van der Waals surface area (Å²) in [6.45, 7) is 1.30. The van der Waals surface area contributed by atoms with Crippen LogP contribution in [0.5, 0.6) is 11.5 Å². The zero-order valence-corrected chi connectivity index (χ0v) is 16.6. The van der Waals surface area contributed by atoms with E-state index in [2.05, 4.69) is 5.32 Å². The third-order valence-electron chi connectivity index (χ3n) is 5.41. The van der Waals surface area contributed by atoms with Crippen molar-refractivity contribution in [1.82, 2.24) is 4.90 Å². The van der Waals surface area contributed by atoms with Crippen molar-refractivity contribution in [3.8, 4) is 11.5 Å². The van der Waals surface area contributed by atoms with Crippen LogP contribution >= 0.6 is 0 Å². The molecule has 0 spiro atoms. The summed E-state index contributed by atoms with van der Waals surface area (Å²) >= 11 is 0. The molecule has 0 atom stereocenters. The van der Waals surface area contributed by atoms with E-state index in [4.69, 9.17) is 9.47 Å². The smallest absolute Gasteiger partial charge is 0.416 e. The highest BCUT2D eigenvalue weighted by atomic mass is 19.4.